The maximum Gasteiger partial charge on any atom is 0.276 e. The van der Waals surface area contributed by atoms with Crippen LogP contribution in [0.4, 0.5) is 0 Å². The molecule has 6 heteroatoms. The van der Waals surface area contributed by atoms with Gasteiger partial charge in [-0.3, -0.25) is 4.79 Å². The molecule has 5 nitrogen and oxygen atoms in total. The van der Waals surface area contributed by atoms with Crippen molar-refractivity contribution >= 4 is 21.8 Å². The minimum atomic E-state index is -0.359. The van der Waals surface area contributed by atoms with Crippen LogP contribution in [-0.4, -0.2) is 25.9 Å². The lowest BCUT2D eigenvalue weighted by Gasteiger charge is -2.22. The molecule has 1 aliphatic rings. The normalized spacial score (nSPS) is 18.9. The van der Waals surface area contributed by atoms with Gasteiger partial charge in [-0.25, -0.2) is 10.3 Å². The van der Waals surface area contributed by atoms with E-state index in [-0.39, 0.29) is 12.2 Å². The topological polar surface area (TPSA) is 56.8 Å². The number of hydrogen-bond donors (Lipinski definition) is 1. The van der Waals surface area contributed by atoms with E-state index >= 15 is 0 Å². The number of amides is 1. The molecule has 1 fully saturated rings. The number of carbonyl (C=O) groups is 1. The molecule has 0 aromatic heterocycles. The van der Waals surface area contributed by atoms with Crippen LogP contribution in [0, 0.1) is 0 Å². The molecule has 1 heterocycles. The average Bonchev–Trinajstić information content (AvgIpc) is 2.46. The van der Waals surface area contributed by atoms with E-state index < -0.39 is 0 Å². The summed E-state index contributed by atoms with van der Waals surface area (Å²) in [7, 11) is 1.55. The second kappa shape index (κ2) is 6.88. The van der Waals surface area contributed by atoms with Crippen molar-refractivity contribution < 1.29 is 19.1 Å². The van der Waals surface area contributed by atoms with Crippen LogP contribution < -0.4 is 10.2 Å². The third kappa shape index (κ3) is 3.92. The van der Waals surface area contributed by atoms with E-state index in [4.69, 9.17) is 14.3 Å². The molecule has 0 radical (unpaired) electrons. The van der Waals surface area contributed by atoms with Crippen LogP contribution in [0.25, 0.3) is 0 Å². The molecule has 1 N–H and O–H groups in total. The second-order valence-corrected chi connectivity index (χ2v) is 5.05. The summed E-state index contributed by atoms with van der Waals surface area (Å²) in [5.74, 6) is 0.280. The minimum Gasteiger partial charge on any atom is -0.497 e. The van der Waals surface area contributed by atoms with Gasteiger partial charge in [-0.2, -0.15) is 0 Å². The van der Waals surface area contributed by atoms with Gasteiger partial charge < -0.3 is 9.47 Å². The number of halogens is 1. The smallest absolute Gasteiger partial charge is 0.276 e. The average molecular weight is 330 g/mol. The maximum atomic E-state index is 12.0. The van der Waals surface area contributed by atoms with Gasteiger partial charge in [-0.15, -0.1) is 0 Å². The van der Waals surface area contributed by atoms with Crippen LogP contribution in [0.15, 0.2) is 22.7 Å². The predicted octanol–water partition coefficient (Wildman–Crippen LogP) is 2.65. The first-order chi connectivity index (χ1) is 9.20. The Morgan fingerprint density at radius 1 is 1.47 bits per heavy atom. The van der Waals surface area contributed by atoms with E-state index in [1.807, 2.05) is 0 Å². The van der Waals surface area contributed by atoms with Gasteiger partial charge in [-0.05, 0) is 47.0 Å². The van der Waals surface area contributed by atoms with Crippen molar-refractivity contribution in [2.75, 3.05) is 13.7 Å². The molecule has 2 rings (SSSR count). The summed E-state index contributed by atoms with van der Waals surface area (Å²) in [6.45, 7) is 0.670. The van der Waals surface area contributed by atoms with E-state index in [9.17, 15) is 4.79 Å². The van der Waals surface area contributed by atoms with Gasteiger partial charge in [0.15, 0.2) is 6.29 Å². The first kappa shape index (κ1) is 14.3. The molecule has 1 atom stereocenters. The molecule has 104 valence electrons. The number of ether oxygens (including phenoxy) is 2. The molecule has 1 amide bonds. The standard InChI is InChI=1S/C13H16BrNO4/c1-17-9-5-6-11(14)10(8-9)13(16)15-19-12-4-2-3-7-18-12/h5-6,8,12H,2-4,7H2,1H3,(H,15,16). The molecule has 1 unspecified atom stereocenters. The monoisotopic (exact) mass is 329 g/mol. The SMILES string of the molecule is COc1ccc(Br)c(C(=O)NOC2CCCCO2)c1. The maximum absolute atomic E-state index is 12.0. The third-order valence-electron chi connectivity index (χ3n) is 2.84. The zero-order chi connectivity index (χ0) is 13.7. The van der Waals surface area contributed by atoms with E-state index in [1.165, 1.54) is 0 Å². The lowest BCUT2D eigenvalue weighted by Crippen LogP contribution is -2.33. The van der Waals surface area contributed by atoms with E-state index in [1.54, 1.807) is 25.3 Å². The Hall–Kier alpha value is -1.11. The minimum absolute atomic E-state index is 0.333. The Balaban J connectivity index is 1.95. The van der Waals surface area contributed by atoms with Gasteiger partial charge in [0.05, 0.1) is 12.7 Å². The summed E-state index contributed by atoms with van der Waals surface area (Å²) in [6.07, 6.45) is 2.51. The number of nitrogens with one attached hydrogen (secondary N) is 1. The van der Waals surface area contributed by atoms with Crippen LogP contribution in [0.5, 0.6) is 5.75 Å². The summed E-state index contributed by atoms with van der Waals surface area (Å²) >= 11 is 3.32. The molecule has 1 aromatic carbocycles. The van der Waals surface area contributed by atoms with Crippen LogP contribution in [0.3, 0.4) is 0 Å². The molecule has 0 aliphatic carbocycles. The summed E-state index contributed by atoms with van der Waals surface area (Å²) in [6, 6.07) is 5.17. The molecule has 19 heavy (non-hydrogen) atoms. The summed E-state index contributed by atoms with van der Waals surface area (Å²) in [5.41, 5.74) is 2.87. The fourth-order valence-corrected chi connectivity index (χ4v) is 2.21. The van der Waals surface area contributed by atoms with Gasteiger partial charge in [0.2, 0.25) is 0 Å². The van der Waals surface area contributed by atoms with Gasteiger partial charge in [0.25, 0.3) is 5.91 Å². The Morgan fingerprint density at radius 2 is 2.32 bits per heavy atom. The third-order valence-corrected chi connectivity index (χ3v) is 3.53. The Bertz CT molecular complexity index is 446. The Labute approximate surface area is 120 Å². The molecule has 1 saturated heterocycles. The van der Waals surface area contributed by atoms with Crippen molar-refractivity contribution in [1.29, 1.82) is 0 Å². The molecular formula is C13H16BrNO4. The number of hydrogen-bond acceptors (Lipinski definition) is 4. The fraction of sp³-hybridized carbons (Fsp3) is 0.462. The zero-order valence-electron chi connectivity index (χ0n) is 10.6. The number of methoxy groups -OCH3 is 1. The highest BCUT2D eigenvalue weighted by atomic mass is 79.9. The van der Waals surface area contributed by atoms with Crippen LogP contribution in [0.1, 0.15) is 29.6 Å². The summed E-state index contributed by atoms with van der Waals surface area (Å²) in [4.78, 5) is 17.2. The van der Waals surface area contributed by atoms with E-state index in [0.717, 1.165) is 19.3 Å². The summed E-state index contributed by atoms with van der Waals surface area (Å²) < 4.78 is 11.1. The Kier molecular flexibility index (Phi) is 5.18. The first-order valence-corrected chi connectivity index (χ1v) is 6.91. The number of rotatable bonds is 4. The quantitative estimate of drug-likeness (QED) is 0.863. The molecule has 0 bridgehead atoms. The molecule has 1 aromatic rings. The van der Waals surface area contributed by atoms with Gasteiger partial charge in [-0.1, -0.05) is 0 Å². The lowest BCUT2D eigenvalue weighted by atomic mass is 10.2. The number of benzene rings is 1. The van der Waals surface area contributed by atoms with Crippen LogP contribution >= 0.6 is 15.9 Å². The highest BCUT2D eigenvalue weighted by Gasteiger charge is 2.17. The van der Waals surface area contributed by atoms with Gasteiger partial charge in [0, 0.05) is 17.5 Å². The lowest BCUT2D eigenvalue weighted by molar-refractivity contribution is -0.186. The fourth-order valence-electron chi connectivity index (χ4n) is 1.78. The van der Waals surface area contributed by atoms with Crippen LogP contribution in [0.2, 0.25) is 0 Å². The molecule has 1 aliphatic heterocycles. The van der Waals surface area contributed by atoms with Crippen molar-refractivity contribution in [3.05, 3.63) is 28.2 Å². The van der Waals surface area contributed by atoms with Crippen molar-refractivity contribution in [1.82, 2.24) is 5.48 Å². The number of hydroxylamine groups is 1. The molecule has 0 saturated carbocycles. The van der Waals surface area contributed by atoms with E-state index in [2.05, 4.69) is 21.4 Å². The predicted molar refractivity (Wildman–Crippen MR) is 72.8 cm³/mol. The van der Waals surface area contributed by atoms with Crippen LogP contribution in [-0.2, 0) is 9.57 Å². The zero-order valence-corrected chi connectivity index (χ0v) is 12.2. The van der Waals surface area contributed by atoms with Gasteiger partial charge in [0.1, 0.15) is 5.75 Å². The highest BCUT2D eigenvalue weighted by molar-refractivity contribution is 9.10. The first-order valence-electron chi connectivity index (χ1n) is 6.12. The van der Waals surface area contributed by atoms with Crippen molar-refractivity contribution in [2.45, 2.75) is 25.6 Å². The Morgan fingerprint density at radius 3 is 3.00 bits per heavy atom. The molecular weight excluding hydrogens is 314 g/mol. The second-order valence-electron chi connectivity index (χ2n) is 4.19. The van der Waals surface area contributed by atoms with Gasteiger partial charge >= 0.3 is 0 Å². The number of carbonyl (C=O) groups excluding carboxylic acids is 1. The van der Waals surface area contributed by atoms with E-state index in [0.29, 0.717) is 22.4 Å². The van der Waals surface area contributed by atoms with Crippen molar-refractivity contribution in [3.63, 3.8) is 0 Å². The summed E-state index contributed by atoms with van der Waals surface area (Å²) in [5, 5.41) is 0. The van der Waals surface area contributed by atoms with Crippen molar-refractivity contribution in [2.24, 2.45) is 0 Å². The largest absolute Gasteiger partial charge is 0.497 e. The van der Waals surface area contributed by atoms with Crippen molar-refractivity contribution in [3.8, 4) is 5.75 Å². The molecule has 0 spiro atoms. The highest BCUT2D eigenvalue weighted by Crippen LogP contribution is 2.22.